The Morgan fingerprint density at radius 2 is 1.71 bits per heavy atom. The Kier molecular flexibility index (Phi) is 11.3. The number of alkyl halides is 1. The number of nitrogens with one attached hydrogen (secondary N) is 3. The maximum atomic E-state index is 13.4. The number of nitrogens with zero attached hydrogens (tertiary/aromatic N) is 3. The molecule has 2 atom stereocenters. The summed E-state index contributed by atoms with van der Waals surface area (Å²) in [7, 11) is 0.500. The topological polar surface area (TPSA) is 116 Å². The molecule has 0 spiro atoms. The van der Waals surface area contributed by atoms with Crippen LogP contribution in [0, 0.1) is 6.92 Å². The number of rotatable bonds is 9. The van der Waals surface area contributed by atoms with Gasteiger partial charge < -0.3 is 30.5 Å². The summed E-state index contributed by atoms with van der Waals surface area (Å²) in [6.07, 6.45) is 3.12. The van der Waals surface area contributed by atoms with Crippen LogP contribution in [0.25, 0.3) is 10.8 Å². The lowest BCUT2D eigenvalue weighted by Crippen LogP contribution is -2.49. The normalized spacial score (nSPS) is 17.4. The van der Waals surface area contributed by atoms with E-state index in [-0.39, 0.29) is 29.8 Å². The predicted molar refractivity (Wildman–Crippen MR) is 218 cm³/mol. The first-order chi connectivity index (χ1) is 27.2. The first-order valence-electron chi connectivity index (χ1n) is 19.1. The van der Waals surface area contributed by atoms with Gasteiger partial charge in [0.2, 0.25) is 5.91 Å². The molecule has 0 aliphatic carbocycles. The summed E-state index contributed by atoms with van der Waals surface area (Å²) in [6, 6.07) is 30.8. The third kappa shape index (κ3) is 8.22. The molecule has 8 rings (SSSR count). The Morgan fingerprint density at radius 3 is 2.48 bits per heavy atom. The highest BCUT2D eigenvalue weighted by molar-refractivity contribution is 6.02. The van der Waals surface area contributed by atoms with Crippen molar-refractivity contribution in [2.24, 2.45) is 0 Å². The van der Waals surface area contributed by atoms with Crippen molar-refractivity contribution in [2.75, 3.05) is 30.5 Å². The van der Waals surface area contributed by atoms with E-state index >= 15 is 0 Å². The Bertz CT molecular complexity index is 2270. The summed E-state index contributed by atoms with van der Waals surface area (Å²) in [4.78, 5) is 48.1. The third-order valence-electron chi connectivity index (χ3n) is 10.7. The average Bonchev–Trinajstić information content (AvgIpc) is 3.54. The van der Waals surface area contributed by atoms with Gasteiger partial charge in [-0.25, -0.2) is 4.98 Å². The molecule has 0 bridgehead atoms. The number of benzene rings is 4. The highest BCUT2D eigenvalue weighted by Gasteiger charge is 2.38. The minimum absolute atomic E-state index is 0.0803. The van der Waals surface area contributed by atoms with Crippen LogP contribution in [-0.4, -0.2) is 60.0 Å². The Morgan fingerprint density at radius 1 is 0.946 bits per heavy atom. The summed E-state index contributed by atoms with van der Waals surface area (Å²) >= 11 is 0. The van der Waals surface area contributed by atoms with Gasteiger partial charge in [0.25, 0.3) is 11.8 Å². The number of ether oxygens (including phenoxy) is 1. The van der Waals surface area contributed by atoms with E-state index in [4.69, 9.17) is 9.72 Å². The lowest BCUT2D eigenvalue weighted by atomic mass is 10.0. The first kappa shape index (κ1) is 38.1. The number of amides is 3. The van der Waals surface area contributed by atoms with Crippen molar-refractivity contribution < 1.29 is 23.5 Å². The molecule has 1 aromatic heterocycles. The van der Waals surface area contributed by atoms with Gasteiger partial charge in [-0.3, -0.25) is 18.8 Å². The van der Waals surface area contributed by atoms with Crippen LogP contribution < -0.4 is 25.6 Å². The van der Waals surface area contributed by atoms with Crippen molar-refractivity contribution >= 4 is 40.0 Å². The smallest absolute Gasteiger partial charge is 0.255 e. The summed E-state index contributed by atoms with van der Waals surface area (Å²) in [5.74, 6) is 1.89. The maximum Gasteiger partial charge on any atom is 0.255 e. The number of halogens is 1. The van der Waals surface area contributed by atoms with Gasteiger partial charge >= 0.3 is 0 Å². The minimum atomic E-state index is -0.462. The SMILES string of the molecule is C=C1CCC(N2Cc3cc(N4CCC(Nc5cccc(C(C)NC(=O)c6ccc7c(Oc8ccc(C)cc8)cccc7c6)n5)CC4)ccc3C2=O)C(=O)N1.CF. The second-order valence-corrected chi connectivity index (χ2v) is 14.6. The Balaban J connectivity index is 0.00000237. The van der Waals surface area contributed by atoms with Crippen LogP contribution in [0.3, 0.4) is 0 Å². The third-order valence-corrected chi connectivity index (χ3v) is 10.7. The molecule has 4 heterocycles. The molecular formula is C45H47FN6O4. The summed E-state index contributed by atoms with van der Waals surface area (Å²) in [5.41, 5.74) is 5.96. The van der Waals surface area contributed by atoms with Gasteiger partial charge in [-0.1, -0.05) is 42.5 Å². The second kappa shape index (κ2) is 16.6. The first-order valence-corrected chi connectivity index (χ1v) is 19.1. The van der Waals surface area contributed by atoms with Crippen LogP contribution in [0.4, 0.5) is 15.9 Å². The molecule has 11 heteroatoms. The second-order valence-electron chi connectivity index (χ2n) is 14.6. The Hall–Kier alpha value is -6.23. The van der Waals surface area contributed by atoms with Crippen molar-refractivity contribution in [3.8, 4) is 11.5 Å². The number of hydrogen-bond donors (Lipinski definition) is 3. The van der Waals surface area contributed by atoms with E-state index in [9.17, 15) is 18.8 Å². The summed E-state index contributed by atoms with van der Waals surface area (Å²) < 4.78 is 15.7. The van der Waals surface area contributed by atoms with E-state index in [1.807, 2.05) is 105 Å². The van der Waals surface area contributed by atoms with Crippen LogP contribution in [0.5, 0.6) is 11.5 Å². The number of aryl methyl sites for hydroxylation is 1. The monoisotopic (exact) mass is 754 g/mol. The zero-order valence-corrected chi connectivity index (χ0v) is 32.0. The van der Waals surface area contributed by atoms with Gasteiger partial charge in [0, 0.05) is 53.6 Å². The van der Waals surface area contributed by atoms with Gasteiger partial charge in [-0.15, -0.1) is 0 Å². The molecule has 2 unspecified atom stereocenters. The van der Waals surface area contributed by atoms with E-state index in [1.165, 1.54) is 5.56 Å². The number of carbonyl (C=O) groups is 3. The van der Waals surface area contributed by atoms with Crippen LogP contribution >= 0.6 is 0 Å². The number of pyridine rings is 1. The molecule has 3 aliphatic rings. The fraction of sp³-hybridized carbons (Fsp3) is 0.289. The van der Waals surface area contributed by atoms with Crippen LogP contribution in [-0.2, 0) is 11.3 Å². The molecule has 5 aromatic rings. The zero-order chi connectivity index (χ0) is 39.3. The van der Waals surface area contributed by atoms with E-state index in [0.717, 1.165) is 71.0 Å². The summed E-state index contributed by atoms with van der Waals surface area (Å²) in [6.45, 7) is 10.0. The molecule has 4 aromatic carbocycles. The van der Waals surface area contributed by atoms with Gasteiger partial charge in [-0.2, -0.15) is 0 Å². The average molecular weight is 755 g/mol. The molecule has 2 saturated heterocycles. The van der Waals surface area contributed by atoms with Crippen LogP contribution in [0.15, 0.2) is 109 Å². The van der Waals surface area contributed by atoms with Crippen molar-refractivity contribution in [3.05, 3.63) is 137 Å². The predicted octanol–water partition coefficient (Wildman–Crippen LogP) is 8.24. The van der Waals surface area contributed by atoms with Crippen LogP contribution in [0.2, 0.25) is 0 Å². The molecule has 3 N–H and O–H groups in total. The van der Waals surface area contributed by atoms with E-state index < -0.39 is 6.04 Å². The Labute approximate surface area is 326 Å². The lowest BCUT2D eigenvalue weighted by Gasteiger charge is -2.34. The molecule has 0 saturated carbocycles. The molecule has 56 heavy (non-hydrogen) atoms. The fourth-order valence-corrected chi connectivity index (χ4v) is 7.67. The number of carbonyl (C=O) groups excluding carboxylic acids is 3. The largest absolute Gasteiger partial charge is 0.457 e. The van der Waals surface area contributed by atoms with Crippen molar-refractivity contribution in [1.29, 1.82) is 0 Å². The van der Waals surface area contributed by atoms with E-state index in [0.29, 0.717) is 43.4 Å². The number of piperidine rings is 2. The van der Waals surface area contributed by atoms with E-state index in [2.05, 4.69) is 33.5 Å². The highest BCUT2D eigenvalue weighted by Crippen LogP contribution is 2.33. The van der Waals surface area contributed by atoms with E-state index in [1.54, 1.807) is 4.90 Å². The summed E-state index contributed by atoms with van der Waals surface area (Å²) in [5, 5.41) is 11.4. The lowest BCUT2D eigenvalue weighted by molar-refractivity contribution is -0.126. The maximum absolute atomic E-state index is 13.4. The number of fused-ring (bicyclic) bond motifs is 2. The highest BCUT2D eigenvalue weighted by atomic mass is 19.1. The van der Waals surface area contributed by atoms with Gasteiger partial charge in [0.05, 0.1) is 18.9 Å². The van der Waals surface area contributed by atoms with Crippen molar-refractivity contribution in [1.82, 2.24) is 20.5 Å². The fourth-order valence-electron chi connectivity index (χ4n) is 7.67. The zero-order valence-electron chi connectivity index (χ0n) is 32.0. The minimum Gasteiger partial charge on any atom is -0.457 e. The molecule has 288 valence electrons. The van der Waals surface area contributed by atoms with Crippen LogP contribution in [0.1, 0.15) is 76.2 Å². The molecular weight excluding hydrogens is 708 g/mol. The van der Waals surface area contributed by atoms with Crippen molar-refractivity contribution in [3.63, 3.8) is 0 Å². The number of aromatic nitrogens is 1. The van der Waals surface area contributed by atoms with Crippen molar-refractivity contribution in [2.45, 2.75) is 64.2 Å². The number of anilines is 2. The molecule has 2 fully saturated rings. The molecule has 0 radical (unpaired) electrons. The quantitative estimate of drug-likeness (QED) is 0.139. The number of hydrogen-bond acceptors (Lipinski definition) is 7. The standard InChI is InChI=1S/C44H44N6O4.CH3F/c1-27-10-15-35(16-11-27)54-40-8-4-6-30-24-31(13-17-36(30)40)42(51)46-29(3)38-7-5-9-41(48-38)47-33-20-22-49(23-21-33)34-14-18-37-32(25-34)26-50(44(37)53)39-19-12-28(2)45-43(39)52;1-2/h4-11,13-18,24-25,29,33,39H,2,12,19-23,26H2,1,3H3,(H,45,52)(H,46,51)(H,47,48);1H3. The van der Waals surface area contributed by atoms with Gasteiger partial charge in [0.1, 0.15) is 23.4 Å². The molecule has 3 aliphatic heterocycles. The molecule has 3 amide bonds. The van der Waals surface area contributed by atoms with Gasteiger partial charge in [0.15, 0.2) is 0 Å². The van der Waals surface area contributed by atoms with Gasteiger partial charge in [-0.05, 0) is 117 Å². The molecule has 10 nitrogen and oxygen atoms in total. The number of allylic oxidation sites excluding steroid dienone is 1.